The molecule has 3 rings (SSSR count). The second-order valence-electron chi connectivity index (χ2n) is 6.42. The molecule has 1 N–H and O–H groups in total. The average molecular weight is 424 g/mol. The molecular formula is C19H17ClF3N5O. The van der Waals surface area contributed by atoms with E-state index in [1.165, 1.54) is 23.4 Å². The van der Waals surface area contributed by atoms with E-state index in [0.717, 1.165) is 17.7 Å². The number of nitrogens with zero attached hydrogens (tertiary/aromatic N) is 4. The monoisotopic (exact) mass is 423 g/mol. The third-order valence-corrected chi connectivity index (χ3v) is 4.25. The minimum absolute atomic E-state index is 0.00789. The van der Waals surface area contributed by atoms with Gasteiger partial charge >= 0.3 is 6.18 Å². The van der Waals surface area contributed by atoms with Crippen LogP contribution in [0.2, 0.25) is 5.02 Å². The predicted molar refractivity (Wildman–Crippen MR) is 103 cm³/mol. The maximum absolute atomic E-state index is 13.1. The van der Waals surface area contributed by atoms with Gasteiger partial charge in [0, 0.05) is 11.6 Å². The number of likely N-dealkylation sites (N-methyl/N-ethyl adjacent to an activating group) is 1. The van der Waals surface area contributed by atoms with E-state index < -0.39 is 17.6 Å². The Morgan fingerprint density at radius 2 is 2.03 bits per heavy atom. The van der Waals surface area contributed by atoms with Crippen LogP contribution in [0.5, 0.6) is 0 Å². The molecule has 0 aliphatic carbocycles. The van der Waals surface area contributed by atoms with Crippen molar-refractivity contribution in [3.8, 4) is 5.69 Å². The summed E-state index contributed by atoms with van der Waals surface area (Å²) in [4.78, 5) is 18.0. The van der Waals surface area contributed by atoms with E-state index in [2.05, 4.69) is 15.4 Å². The highest BCUT2D eigenvalue weighted by molar-refractivity contribution is 6.30. The zero-order chi connectivity index (χ0) is 21.0. The summed E-state index contributed by atoms with van der Waals surface area (Å²) in [5.74, 6) is -0.463. The van der Waals surface area contributed by atoms with E-state index in [4.69, 9.17) is 11.6 Å². The fourth-order valence-corrected chi connectivity index (χ4v) is 3.00. The van der Waals surface area contributed by atoms with Crippen molar-refractivity contribution in [2.24, 2.45) is 0 Å². The van der Waals surface area contributed by atoms with Gasteiger partial charge in [0.05, 0.1) is 23.5 Å². The number of aromatic nitrogens is 3. The second-order valence-corrected chi connectivity index (χ2v) is 6.86. The average Bonchev–Trinajstić information content (AvgIpc) is 3.15. The van der Waals surface area contributed by atoms with Gasteiger partial charge in [0.1, 0.15) is 12.7 Å². The van der Waals surface area contributed by atoms with Crippen molar-refractivity contribution >= 4 is 23.2 Å². The van der Waals surface area contributed by atoms with Crippen LogP contribution in [0.1, 0.15) is 11.1 Å². The van der Waals surface area contributed by atoms with Crippen LogP contribution in [0, 0.1) is 0 Å². The number of nitrogens with one attached hydrogen (secondary N) is 1. The van der Waals surface area contributed by atoms with Crippen LogP contribution >= 0.6 is 11.6 Å². The Kier molecular flexibility index (Phi) is 6.19. The van der Waals surface area contributed by atoms with E-state index >= 15 is 0 Å². The molecule has 3 aromatic rings. The number of carbonyl (C=O) groups is 1. The molecule has 6 nitrogen and oxygen atoms in total. The van der Waals surface area contributed by atoms with Gasteiger partial charge in [-0.2, -0.15) is 18.3 Å². The number of benzene rings is 2. The van der Waals surface area contributed by atoms with Crippen molar-refractivity contribution in [2.45, 2.75) is 12.7 Å². The topological polar surface area (TPSA) is 63.1 Å². The molecule has 0 fully saturated rings. The Labute approximate surface area is 169 Å². The molecule has 29 heavy (non-hydrogen) atoms. The van der Waals surface area contributed by atoms with Gasteiger partial charge in [-0.1, -0.05) is 23.7 Å². The molecule has 0 unspecified atom stereocenters. The maximum Gasteiger partial charge on any atom is 0.416 e. The molecule has 0 spiro atoms. The lowest BCUT2D eigenvalue weighted by Gasteiger charge is -2.18. The summed E-state index contributed by atoms with van der Waals surface area (Å²) in [7, 11) is 1.73. The molecule has 1 heterocycles. The van der Waals surface area contributed by atoms with Gasteiger partial charge in [0.25, 0.3) is 0 Å². The number of carbonyl (C=O) groups excluding carboxylic acids is 1. The summed E-state index contributed by atoms with van der Waals surface area (Å²) in [5, 5.41) is 7.05. The van der Waals surface area contributed by atoms with Gasteiger partial charge in [-0.15, -0.1) is 0 Å². The molecule has 10 heteroatoms. The quantitative estimate of drug-likeness (QED) is 0.650. The molecule has 1 aromatic heterocycles. The first-order chi connectivity index (χ1) is 13.7. The minimum Gasteiger partial charge on any atom is -0.323 e. The molecule has 0 aliphatic heterocycles. The van der Waals surface area contributed by atoms with Crippen molar-refractivity contribution in [3.05, 3.63) is 71.3 Å². The number of hydrogen-bond donors (Lipinski definition) is 1. The zero-order valence-electron chi connectivity index (χ0n) is 15.3. The number of alkyl halides is 3. The largest absolute Gasteiger partial charge is 0.416 e. The molecule has 0 aliphatic rings. The first-order valence-corrected chi connectivity index (χ1v) is 8.89. The van der Waals surface area contributed by atoms with E-state index in [0.29, 0.717) is 11.6 Å². The third kappa shape index (κ3) is 5.55. The Morgan fingerprint density at radius 1 is 1.24 bits per heavy atom. The summed E-state index contributed by atoms with van der Waals surface area (Å²) in [5.41, 5.74) is 0.312. The van der Waals surface area contributed by atoms with E-state index in [-0.39, 0.29) is 17.9 Å². The van der Waals surface area contributed by atoms with Gasteiger partial charge in [-0.05, 0) is 42.9 Å². The van der Waals surface area contributed by atoms with Gasteiger partial charge in [0.2, 0.25) is 5.91 Å². The first kappa shape index (κ1) is 20.8. The Morgan fingerprint density at radius 3 is 2.69 bits per heavy atom. The molecular weight excluding hydrogens is 407 g/mol. The molecule has 0 saturated carbocycles. The number of hydrogen-bond acceptors (Lipinski definition) is 4. The van der Waals surface area contributed by atoms with E-state index in [9.17, 15) is 18.0 Å². The predicted octanol–water partition coefficient (Wildman–Crippen LogP) is 4.01. The van der Waals surface area contributed by atoms with Crippen molar-refractivity contribution in [2.75, 3.05) is 18.9 Å². The SMILES string of the molecule is CN(CC(=O)Nc1cc(C(F)(F)F)ccc1-n1cncn1)Cc1cccc(Cl)c1. The highest BCUT2D eigenvalue weighted by Gasteiger charge is 2.31. The second kappa shape index (κ2) is 8.62. The third-order valence-electron chi connectivity index (χ3n) is 4.02. The Hall–Kier alpha value is -2.91. The van der Waals surface area contributed by atoms with Gasteiger partial charge in [0.15, 0.2) is 0 Å². The number of halogens is 4. The van der Waals surface area contributed by atoms with Crippen molar-refractivity contribution in [3.63, 3.8) is 0 Å². The molecule has 2 aromatic carbocycles. The van der Waals surface area contributed by atoms with Crippen LogP contribution in [0.25, 0.3) is 5.69 Å². The zero-order valence-corrected chi connectivity index (χ0v) is 16.1. The molecule has 0 saturated heterocycles. The van der Waals surface area contributed by atoms with Crippen LogP contribution in [0.15, 0.2) is 55.1 Å². The Bertz CT molecular complexity index is 992. The lowest BCUT2D eigenvalue weighted by molar-refractivity contribution is -0.137. The molecule has 152 valence electrons. The van der Waals surface area contributed by atoms with Crippen molar-refractivity contribution in [1.82, 2.24) is 19.7 Å². The maximum atomic E-state index is 13.1. The lowest BCUT2D eigenvalue weighted by Crippen LogP contribution is -2.30. The summed E-state index contributed by atoms with van der Waals surface area (Å²) in [6.45, 7) is 0.423. The number of rotatable bonds is 6. The fourth-order valence-electron chi connectivity index (χ4n) is 2.78. The summed E-state index contributed by atoms with van der Waals surface area (Å²) < 4.78 is 40.6. The number of anilines is 1. The van der Waals surface area contributed by atoms with Gasteiger partial charge < -0.3 is 5.32 Å². The summed E-state index contributed by atoms with van der Waals surface area (Å²) in [6, 6.07) is 10.3. The summed E-state index contributed by atoms with van der Waals surface area (Å²) in [6.07, 6.45) is -1.95. The van der Waals surface area contributed by atoms with Crippen LogP contribution in [0.3, 0.4) is 0 Å². The summed E-state index contributed by atoms with van der Waals surface area (Å²) >= 11 is 5.96. The van der Waals surface area contributed by atoms with Crippen LogP contribution in [-0.2, 0) is 17.5 Å². The van der Waals surface area contributed by atoms with E-state index in [1.807, 2.05) is 6.07 Å². The van der Waals surface area contributed by atoms with Gasteiger partial charge in [-0.3, -0.25) is 9.69 Å². The molecule has 0 bridgehead atoms. The number of amides is 1. The Balaban J connectivity index is 1.76. The minimum atomic E-state index is -4.54. The highest BCUT2D eigenvalue weighted by Crippen LogP contribution is 2.33. The highest BCUT2D eigenvalue weighted by atomic mass is 35.5. The smallest absolute Gasteiger partial charge is 0.323 e. The lowest BCUT2D eigenvalue weighted by atomic mass is 10.1. The van der Waals surface area contributed by atoms with Crippen molar-refractivity contribution < 1.29 is 18.0 Å². The van der Waals surface area contributed by atoms with Crippen molar-refractivity contribution in [1.29, 1.82) is 0 Å². The standard InChI is InChI=1S/C19H17ClF3N5O/c1-27(9-13-3-2-4-15(20)7-13)10-18(29)26-16-8-14(19(21,22)23)5-6-17(16)28-12-24-11-25-28/h2-8,11-12H,9-10H2,1H3,(H,26,29). The normalized spacial score (nSPS) is 11.7. The molecule has 0 radical (unpaired) electrons. The fraction of sp³-hybridized carbons (Fsp3) is 0.211. The first-order valence-electron chi connectivity index (χ1n) is 8.51. The van der Waals surface area contributed by atoms with Gasteiger partial charge in [-0.25, -0.2) is 9.67 Å². The van der Waals surface area contributed by atoms with E-state index in [1.54, 1.807) is 30.1 Å². The molecule has 0 atom stereocenters. The van der Waals surface area contributed by atoms with Crippen LogP contribution in [0.4, 0.5) is 18.9 Å². The van der Waals surface area contributed by atoms with Crippen LogP contribution < -0.4 is 5.32 Å². The molecule has 1 amide bonds. The van der Waals surface area contributed by atoms with Crippen LogP contribution in [-0.4, -0.2) is 39.2 Å².